The van der Waals surface area contributed by atoms with Crippen molar-refractivity contribution in [1.82, 2.24) is 9.88 Å². The molecule has 0 amide bonds. The molecule has 2 N–H and O–H groups in total. The highest BCUT2D eigenvalue weighted by Gasteiger charge is 2.37. The van der Waals surface area contributed by atoms with E-state index in [0.717, 1.165) is 12.6 Å². The van der Waals surface area contributed by atoms with Crippen molar-refractivity contribution in [3.05, 3.63) is 70.4 Å². The van der Waals surface area contributed by atoms with Crippen molar-refractivity contribution < 1.29 is 28.5 Å². The van der Waals surface area contributed by atoms with Crippen molar-refractivity contribution in [2.75, 3.05) is 26.7 Å². The highest BCUT2D eigenvalue weighted by molar-refractivity contribution is 6.32. The predicted molar refractivity (Wildman–Crippen MR) is 143 cm³/mol. The third kappa shape index (κ3) is 6.60. The van der Waals surface area contributed by atoms with Crippen LogP contribution in [0.2, 0.25) is 5.02 Å². The van der Waals surface area contributed by atoms with E-state index in [1.54, 1.807) is 25.3 Å². The third-order valence-corrected chi connectivity index (χ3v) is 8.05. The Kier molecular flexibility index (Phi) is 9.18. The Hall–Kier alpha value is -2.81. The number of piperidine rings is 1. The second-order valence-electron chi connectivity index (χ2n) is 10.2. The lowest BCUT2D eigenvalue weighted by atomic mass is 9.71. The third-order valence-electron chi connectivity index (χ3n) is 7.74. The maximum absolute atomic E-state index is 13.9. The first-order valence-corrected chi connectivity index (χ1v) is 13.3. The highest BCUT2D eigenvalue weighted by atomic mass is 35.5. The van der Waals surface area contributed by atoms with Gasteiger partial charge in [0, 0.05) is 17.1 Å². The summed E-state index contributed by atoms with van der Waals surface area (Å²) in [4.78, 5) is 18.4. The molecule has 0 aliphatic carbocycles. The maximum atomic E-state index is 13.9. The summed E-state index contributed by atoms with van der Waals surface area (Å²) >= 11 is 6.46. The van der Waals surface area contributed by atoms with Gasteiger partial charge in [-0.2, -0.15) is 0 Å². The van der Waals surface area contributed by atoms with Gasteiger partial charge in [-0.25, -0.2) is 8.78 Å². The SMILES string of the molecule is COc1ccc2ncc(Cl)c([C@H](O)CCC3(CC(=O)O)CCN(CCCc4cccc(F)c4F)CC3)c2c1. The lowest BCUT2D eigenvalue weighted by Crippen LogP contribution is -2.41. The summed E-state index contributed by atoms with van der Waals surface area (Å²) in [6.45, 7) is 2.15. The van der Waals surface area contributed by atoms with Gasteiger partial charge in [-0.1, -0.05) is 23.7 Å². The van der Waals surface area contributed by atoms with Crippen LogP contribution in [0.4, 0.5) is 8.78 Å². The second kappa shape index (κ2) is 12.4. The van der Waals surface area contributed by atoms with Gasteiger partial charge < -0.3 is 19.8 Å². The lowest BCUT2D eigenvalue weighted by molar-refractivity contribution is -0.141. The fourth-order valence-electron chi connectivity index (χ4n) is 5.54. The van der Waals surface area contributed by atoms with Crippen LogP contribution < -0.4 is 4.74 Å². The maximum Gasteiger partial charge on any atom is 0.303 e. The Bertz CT molecular complexity index is 1280. The molecular formula is C29H33ClF2N2O4. The Morgan fingerprint density at radius 1 is 1.24 bits per heavy atom. The second-order valence-corrected chi connectivity index (χ2v) is 10.6. The van der Waals surface area contributed by atoms with Crippen LogP contribution in [-0.4, -0.2) is 52.8 Å². The van der Waals surface area contributed by atoms with Crippen LogP contribution in [0.15, 0.2) is 42.6 Å². The van der Waals surface area contributed by atoms with Gasteiger partial charge in [-0.05, 0) is 93.4 Å². The van der Waals surface area contributed by atoms with Crippen LogP contribution in [0.25, 0.3) is 10.9 Å². The smallest absolute Gasteiger partial charge is 0.303 e. The van der Waals surface area contributed by atoms with Crippen LogP contribution >= 0.6 is 11.6 Å². The molecule has 2 heterocycles. The first-order valence-electron chi connectivity index (χ1n) is 12.9. The zero-order chi connectivity index (χ0) is 27.3. The number of carbonyl (C=O) groups is 1. The van der Waals surface area contributed by atoms with E-state index in [4.69, 9.17) is 16.3 Å². The van der Waals surface area contributed by atoms with Gasteiger partial charge in [0.05, 0.1) is 30.2 Å². The van der Waals surface area contributed by atoms with Crippen molar-refractivity contribution >= 4 is 28.5 Å². The highest BCUT2D eigenvalue weighted by Crippen LogP contribution is 2.43. The molecule has 4 rings (SSSR count). The average molecular weight is 547 g/mol. The number of benzene rings is 2. The number of nitrogens with zero attached hydrogens (tertiary/aromatic N) is 2. The summed E-state index contributed by atoms with van der Waals surface area (Å²) in [5.74, 6) is -1.84. The molecule has 1 aliphatic rings. The van der Waals surface area contributed by atoms with Crippen molar-refractivity contribution in [3.63, 3.8) is 0 Å². The number of methoxy groups -OCH3 is 1. The molecule has 1 aliphatic heterocycles. The summed E-state index contributed by atoms with van der Waals surface area (Å²) in [7, 11) is 1.57. The van der Waals surface area contributed by atoms with Gasteiger partial charge in [0.1, 0.15) is 5.75 Å². The van der Waals surface area contributed by atoms with Gasteiger partial charge in [-0.3, -0.25) is 9.78 Å². The van der Waals surface area contributed by atoms with Crippen molar-refractivity contribution in [3.8, 4) is 5.75 Å². The summed E-state index contributed by atoms with van der Waals surface area (Å²) in [5, 5.41) is 21.9. The number of aliphatic hydroxyl groups is 1. The normalized spacial score (nSPS) is 16.4. The average Bonchev–Trinajstić information content (AvgIpc) is 2.90. The predicted octanol–water partition coefficient (Wildman–Crippen LogP) is 6.18. The Morgan fingerprint density at radius 3 is 2.71 bits per heavy atom. The molecule has 9 heteroatoms. The number of hydrogen-bond donors (Lipinski definition) is 2. The van der Waals surface area contributed by atoms with E-state index in [1.807, 2.05) is 6.07 Å². The minimum Gasteiger partial charge on any atom is -0.497 e. The molecule has 204 valence electrons. The van der Waals surface area contributed by atoms with Crippen LogP contribution in [-0.2, 0) is 11.2 Å². The number of halogens is 3. The standard InChI is InChI=1S/C29H33ClF2N2O4/c1-38-20-7-8-24-21(16-20)27(22(30)18-33-24)25(35)9-10-29(17-26(36)37)11-14-34(15-12-29)13-3-5-19-4-2-6-23(31)28(19)32/h2,4,6-8,16,18,25,35H,3,5,9-15,17H2,1H3,(H,36,37)/t25-/m1/s1. The summed E-state index contributed by atoms with van der Waals surface area (Å²) < 4.78 is 32.7. The number of ether oxygens (including phenoxy) is 1. The number of fused-ring (bicyclic) bond motifs is 1. The van der Waals surface area contributed by atoms with E-state index < -0.39 is 29.1 Å². The van der Waals surface area contributed by atoms with Gasteiger partial charge in [0.15, 0.2) is 11.6 Å². The molecule has 1 atom stereocenters. The van der Waals surface area contributed by atoms with Crippen LogP contribution in [0.5, 0.6) is 5.75 Å². The number of likely N-dealkylation sites (tertiary alicyclic amines) is 1. The molecule has 0 radical (unpaired) electrons. The first kappa shape index (κ1) is 28.2. The van der Waals surface area contributed by atoms with E-state index in [0.29, 0.717) is 84.4 Å². The van der Waals surface area contributed by atoms with Gasteiger partial charge in [0.2, 0.25) is 0 Å². The summed E-state index contributed by atoms with van der Waals surface area (Å²) in [6, 6.07) is 9.64. The zero-order valence-corrected chi connectivity index (χ0v) is 22.2. The van der Waals surface area contributed by atoms with E-state index in [1.165, 1.54) is 12.3 Å². The molecule has 1 saturated heterocycles. The zero-order valence-electron chi connectivity index (χ0n) is 21.4. The van der Waals surface area contributed by atoms with Crippen LogP contribution in [0.1, 0.15) is 55.8 Å². The number of pyridine rings is 1. The number of aliphatic hydroxyl groups excluding tert-OH is 1. The van der Waals surface area contributed by atoms with Crippen LogP contribution in [0.3, 0.4) is 0 Å². The molecule has 0 saturated carbocycles. The van der Waals surface area contributed by atoms with E-state index >= 15 is 0 Å². The number of aliphatic carboxylic acids is 1. The fourth-order valence-corrected chi connectivity index (χ4v) is 5.82. The van der Waals surface area contributed by atoms with Crippen LogP contribution in [0, 0.1) is 17.0 Å². The van der Waals surface area contributed by atoms with Gasteiger partial charge in [0.25, 0.3) is 0 Å². The molecule has 0 unspecified atom stereocenters. The molecule has 1 fully saturated rings. The molecule has 1 aromatic heterocycles. The molecule has 0 spiro atoms. The van der Waals surface area contributed by atoms with Crippen molar-refractivity contribution in [1.29, 1.82) is 0 Å². The number of carboxylic acids is 1. The summed E-state index contributed by atoms with van der Waals surface area (Å²) in [5.41, 5.74) is 1.19. The summed E-state index contributed by atoms with van der Waals surface area (Å²) in [6.07, 6.45) is 4.05. The number of rotatable bonds is 11. The Morgan fingerprint density at radius 2 is 2.00 bits per heavy atom. The van der Waals surface area contributed by atoms with Gasteiger partial charge in [-0.15, -0.1) is 0 Å². The quantitative estimate of drug-likeness (QED) is 0.299. The number of carboxylic acid groups (broad SMARTS) is 1. The largest absolute Gasteiger partial charge is 0.497 e. The molecule has 2 aromatic carbocycles. The molecule has 6 nitrogen and oxygen atoms in total. The van der Waals surface area contributed by atoms with E-state index in [9.17, 15) is 23.8 Å². The van der Waals surface area contributed by atoms with E-state index in [2.05, 4.69) is 9.88 Å². The first-order chi connectivity index (χ1) is 18.2. The topological polar surface area (TPSA) is 82.9 Å². The fraction of sp³-hybridized carbons (Fsp3) is 0.448. The number of hydrogen-bond acceptors (Lipinski definition) is 5. The Balaban J connectivity index is 1.39. The molecule has 38 heavy (non-hydrogen) atoms. The monoisotopic (exact) mass is 546 g/mol. The molecule has 3 aromatic rings. The Labute approximate surface area is 226 Å². The number of aryl methyl sites for hydroxylation is 1. The minimum atomic E-state index is -0.884. The van der Waals surface area contributed by atoms with E-state index in [-0.39, 0.29) is 6.42 Å². The van der Waals surface area contributed by atoms with Crippen molar-refractivity contribution in [2.45, 2.75) is 51.0 Å². The molecular weight excluding hydrogens is 514 g/mol. The van der Waals surface area contributed by atoms with Crippen molar-refractivity contribution in [2.24, 2.45) is 5.41 Å². The number of aromatic nitrogens is 1. The lowest BCUT2D eigenvalue weighted by Gasteiger charge is -2.41. The minimum absolute atomic E-state index is 0.0285. The van der Waals surface area contributed by atoms with Gasteiger partial charge >= 0.3 is 5.97 Å². The molecule has 0 bridgehead atoms.